The predicted octanol–water partition coefficient (Wildman–Crippen LogP) is 4.58. The van der Waals surface area contributed by atoms with E-state index in [1.807, 2.05) is 31.2 Å². The van der Waals surface area contributed by atoms with Gasteiger partial charge in [-0.1, -0.05) is 29.0 Å². The van der Waals surface area contributed by atoms with E-state index >= 15 is 0 Å². The second kappa shape index (κ2) is 8.44. The highest BCUT2D eigenvalue weighted by Crippen LogP contribution is 2.28. The van der Waals surface area contributed by atoms with Gasteiger partial charge in [-0.05, 0) is 61.6 Å². The zero-order valence-electron chi connectivity index (χ0n) is 15.8. The minimum absolute atomic E-state index is 0.191. The Balaban J connectivity index is 1.42. The van der Waals surface area contributed by atoms with Gasteiger partial charge >= 0.3 is 0 Å². The van der Waals surface area contributed by atoms with E-state index in [4.69, 9.17) is 16.6 Å². The fourth-order valence-electron chi connectivity index (χ4n) is 2.75. The summed E-state index contributed by atoms with van der Waals surface area (Å²) in [6.45, 7) is 1.92. The molecule has 9 heteroatoms. The molecule has 2 amide bonds. The van der Waals surface area contributed by atoms with Crippen molar-refractivity contribution < 1.29 is 14.0 Å². The fourth-order valence-corrected chi connectivity index (χ4v) is 3.86. The van der Waals surface area contributed by atoms with Gasteiger partial charge < -0.3 is 9.73 Å². The Morgan fingerprint density at radius 1 is 1.03 bits per heavy atom. The first-order valence-electron chi connectivity index (χ1n) is 8.92. The molecule has 2 aromatic carbocycles. The number of anilines is 2. The highest BCUT2D eigenvalue weighted by atomic mass is 32.1. The number of nitrogens with zero attached hydrogens (tertiary/aromatic N) is 1. The summed E-state index contributed by atoms with van der Waals surface area (Å²) in [6.07, 6.45) is 1.44. The monoisotopic (exact) mass is 436 g/mol. The lowest BCUT2D eigenvalue weighted by atomic mass is 10.1. The minimum atomic E-state index is -0.363. The summed E-state index contributed by atoms with van der Waals surface area (Å²) in [4.78, 5) is 28.8. The Labute approximate surface area is 181 Å². The van der Waals surface area contributed by atoms with Gasteiger partial charge in [-0.2, -0.15) is 0 Å². The molecule has 0 saturated carbocycles. The summed E-state index contributed by atoms with van der Waals surface area (Å²) in [5, 5.41) is 9.03. The summed E-state index contributed by atoms with van der Waals surface area (Å²) < 4.78 is 5.93. The largest absolute Gasteiger partial charge is 0.459 e. The highest BCUT2D eigenvalue weighted by Gasteiger charge is 2.13. The van der Waals surface area contributed by atoms with Crippen LogP contribution in [0.15, 0.2) is 65.3 Å². The number of carbonyl (C=O) groups excluding carboxylic acids is 2. The molecule has 0 unspecified atom stereocenters. The first kappa shape index (κ1) is 19.7. The van der Waals surface area contributed by atoms with Crippen LogP contribution in [-0.4, -0.2) is 21.9 Å². The van der Waals surface area contributed by atoms with Gasteiger partial charge in [0.1, 0.15) is 0 Å². The molecule has 30 heavy (non-hydrogen) atoms. The average molecular weight is 437 g/mol. The summed E-state index contributed by atoms with van der Waals surface area (Å²) in [5.74, 6) is -0.429. The molecule has 7 nitrogen and oxygen atoms in total. The van der Waals surface area contributed by atoms with E-state index < -0.39 is 0 Å². The van der Waals surface area contributed by atoms with Crippen molar-refractivity contribution in [2.75, 3.05) is 10.6 Å². The Hall–Kier alpha value is -3.56. The number of rotatable bonds is 4. The maximum absolute atomic E-state index is 12.3. The molecule has 3 N–H and O–H groups in total. The fraction of sp³-hybridized carbons (Fsp3) is 0.0476. The lowest BCUT2D eigenvalue weighted by molar-refractivity contribution is 0.0975. The van der Waals surface area contributed by atoms with Crippen LogP contribution in [0.3, 0.4) is 0 Å². The summed E-state index contributed by atoms with van der Waals surface area (Å²) in [5.41, 5.74) is 2.96. The molecule has 0 saturated heterocycles. The number of benzene rings is 2. The molecule has 0 aliphatic rings. The molecule has 0 spiro atoms. The van der Waals surface area contributed by atoms with Crippen LogP contribution in [-0.2, 0) is 0 Å². The molecule has 150 valence electrons. The number of fused-ring (bicyclic) bond motifs is 1. The standard InChI is InChI=1S/C21H16N4O3S2/c1-12-4-2-5-13(10-12)18(26)24-20(29)22-14-7-8-15-17(11-14)30-21(23-15)25-19(27)16-6-3-9-28-16/h2-11H,1H3,(H,23,25,27)(H2,22,24,26,29). The number of hydrogen-bond donors (Lipinski definition) is 3. The third kappa shape index (κ3) is 4.53. The van der Waals surface area contributed by atoms with Gasteiger partial charge in [0.2, 0.25) is 0 Å². The van der Waals surface area contributed by atoms with Crippen LogP contribution >= 0.6 is 23.6 Å². The minimum Gasteiger partial charge on any atom is -0.459 e. The molecule has 4 rings (SSSR count). The quantitative estimate of drug-likeness (QED) is 0.405. The number of amides is 2. The number of nitrogens with one attached hydrogen (secondary N) is 3. The molecular weight excluding hydrogens is 420 g/mol. The Morgan fingerprint density at radius 2 is 1.90 bits per heavy atom. The van der Waals surface area contributed by atoms with E-state index in [2.05, 4.69) is 20.9 Å². The molecule has 4 aromatic rings. The summed E-state index contributed by atoms with van der Waals surface area (Å²) in [7, 11) is 0. The van der Waals surface area contributed by atoms with Gasteiger partial charge in [0.25, 0.3) is 11.8 Å². The zero-order chi connectivity index (χ0) is 21.1. The van der Waals surface area contributed by atoms with Crippen molar-refractivity contribution in [1.82, 2.24) is 10.3 Å². The van der Waals surface area contributed by atoms with Crippen LogP contribution in [0, 0.1) is 6.92 Å². The lowest BCUT2D eigenvalue weighted by Crippen LogP contribution is -2.34. The van der Waals surface area contributed by atoms with Crippen LogP contribution in [0.2, 0.25) is 0 Å². The maximum Gasteiger partial charge on any atom is 0.293 e. The number of aryl methyl sites for hydroxylation is 1. The average Bonchev–Trinajstić information content (AvgIpc) is 3.37. The summed E-state index contributed by atoms with van der Waals surface area (Å²) >= 11 is 6.57. The first-order chi connectivity index (χ1) is 14.5. The van der Waals surface area contributed by atoms with E-state index in [0.29, 0.717) is 16.4 Å². The Bertz CT molecular complexity index is 1250. The van der Waals surface area contributed by atoms with E-state index in [1.54, 1.807) is 30.3 Å². The number of aromatic nitrogens is 1. The molecule has 0 fully saturated rings. The highest BCUT2D eigenvalue weighted by molar-refractivity contribution is 7.80. The molecule has 0 aliphatic carbocycles. The van der Waals surface area contributed by atoms with Gasteiger partial charge in [0.05, 0.1) is 16.5 Å². The molecule has 2 heterocycles. The number of carbonyl (C=O) groups is 2. The van der Waals surface area contributed by atoms with Crippen LogP contribution in [0.25, 0.3) is 10.2 Å². The van der Waals surface area contributed by atoms with Crippen LogP contribution in [0.4, 0.5) is 10.8 Å². The SMILES string of the molecule is Cc1cccc(C(=O)NC(=S)Nc2ccc3nc(NC(=O)c4ccco4)sc3c2)c1. The van der Waals surface area contributed by atoms with Crippen molar-refractivity contribution in [3.63, 3.8) is 0 Å². The smallest absolute Gasteiger partial charge is 0.293 e. The van der Waals surface area contributed by atoms with E-state index in [0.717, 1.165) is 15.8 Å². The maximum atomic E-state index is 12.3. The molecule has 0 bridgehead atoms. The molecule has 0 aliphatic heterocycles. The van der Waals surface area contributed by atoms with E-state index in [9.17, 15) is 9.59 Å². The first-order valence-corrected chi connectivity index (χ1v) is 10.1. The zero-order valence-corrected chi connectivity index (χ0v) is 17.4. The van der Waals surface area contributed by atoms with Crippen molar-refractivity contribution in [2.24, 2.45) is 0 Å². The van der Waals surface area contributed by atoms with E-state index in [-0.39, 0.29) is 22.7 Å². The Morgan fingerprint density at radius 3 is 2.67 bits per heavy atom. The van der Waals surface area contributed by atoms with Crippen molar-refractivity contribution in [3.8, 4) is 0 Å². The third-order valence-electron chi connectivity index (χ3n) is 4.12. The van der Waals surface area contributed by atoms with Crippen molar-refractivity contribution >= 4 is 61.5 Å². The lowest BCUT2D eigenvalue weighted by Gasteiger charge is -2.10. The van der Waals surface area contributed by atoms with Crippen LogP contribution in [0.1, 0.15) is 26.5 Å². The van der Waals surface area contributed by atoms with Gasteiger partial charge in [-0.25, -0.2) is 4.98 Å². The number of furan rings is 1. The second-order valence-electron chi connectivity index (χ2n) is 6.41. The van der Waals surface area contributed by atoms with Crippen LogP contribution in [0.5, 0.6) is 0 Å². The molecular formula is C21H16N4O3S2. The number of thiazole rings is 1. The van der Waals surface area contributed by atoms with Crippen molar-refractivity contribution in [1.29, 1.82) is 0 Å². The Kier molecular flexibility index (Phi) is 5.55. The number of thiocarbonyl (C=S) groups is 1. The van der Waals surface area contributed by atoms with Gasteiger partial charge in [-0.15, -0.1) is 0 Å². The van der Waals surface area contributed by atoms with Crippen molar-refractivity contribution in [3.05, 3.63) is 77.7 Å². The predicted molar refractivity (Wildman–Crippen MR) is 121 cm³/mol. The van der Waals surface area contributed by atoms with Gasteiger partial charge in [0.15, 0.2) is 16.0 Å². The van der Waals surface area contributed by atoms with Gasteiger partial charge in [-0.3, -0.25) is 20.2 Å². The number of hydrogen-bond acceptors (Lipinski definition) is 6. The second-order valence-corrected chi connectivity index (χ2v) is 7.85. The molecule has 0 atom stereocenters. The summed E-state index contributed by atoms with van der Waals surface area (Å²) in [6, 6.07) is 15.9. The normalized spacial score (nSPS) is 10.6. The molecule has 0 radical (unpaired) electrons. The van der Waals surface area contributed by atoms with Gasteiger partial charge in [0, 0.05) is 11.3 Å². The van der Waals surface area contributed by atoms with Crippen molar-refractivity contribution in [2.45, 2.75) is 6.92 Å². The third-order valence-corrected chi connectivity index (χ3v) is 5.26. The van der Waals surface area contributed by atoms with Crippen LogP contribution < -0.4 is 16.0 Å². The topological polar surface area (TPSA) is 96.3 Å². The molecule has 2 aromatic heterocycles. The van der Waals surface area contributed by atoms with E-state index in [1.165, 1.54) is 17.6 Å².